The third-order valence-corrected chi connectivity index (χ3v) is 3.85. The van der Waals surface area contributed by atoms with E-state index < -0.39 is 0 Å². The second-order valence-electron chi connectivity index (χ2n) is 5.18. The van der Waals surface area contributed by atoms with Gasteiger partial charge < -0.3 is 0 Å². The molecule has 0 unspecified atom stereocenters. The number of hydrogen-bond donors (Lipinski definition) is 0. The Hall–Kier alpha value is -1.71. The van der Waals surface area contributed by atoms with Gasteiger partial charge in [-0.1, -0.05) is 25.3 Å². The van der Waals surface area contributed by atoms with Gasteiger partial charge in [0.05, 0.1) is 5.69 Å². The lowest BCUT2D eigenvalue weighted by atomic mass is 9.87. The smallest absolute Gasteiger partial charge is 0.205 e. The minimum atomic E-state index is 0.409. The Morgan fingerprint density at radius 1 is 1.28 bits per heavy atom. The van der Waals surface area contributed by atoms with E-state index >= 15 is 0 Å². The lowest BCUT2D eigenvalue weighted by Gasteiger charge is -2.19. The largest absolute Gasteiger partial charge is 0.281 e. The molecule has 3 rings (SSSR count). The molecule has 0 bridgehead atoms. The van der Waals surface area contributed by atoms with Crippen LogP contribution in [-0.2, 0) is 0 Å². The molecule has 1 fully saturated rings. The molecule has 0 radical (unpaired) electrons. The van der Waals surface area contributed by atoms with Crippen molar-refractivity contribution in [3.8, 4) is 0 Å². The first-order chi connectivity index (χ1) is 8.79. The van der Waals surface area contributed by atoms with Gasteiger partial charge in [-0.2, -0.15) is 0 Å². The number of hydrogen-bond acceptors (Lipinski definition) is 3. The van der Waals surface area contributed by atoms with E-state index in [1.165, 1.54) is 19.3 Å². The average molecular weight is 243 g/mol. The number of rotatable bonds is 2. The van der Waals surface area contributed by atoms with Crippen molar-refractivity contribution in [3.05, 3.63) is 34.5 Å². The molecule has 0 amide bonds. The molecule has 4 heteroatoms. The van der Waals surface area contributed by atoms with Crippen LogP contribution >= 0.6 is 0 Å². The van der Waals surface area contributed by atoms with Crippen LogP contribution in [0.4, 0.5) is 5.82 Å². The maximum absolute atomic E-state index is 11.1. The Kier molecular flexibility index (Phi) is 2.86. The summed E-state index contributed by atoms with van der Waals surface area (Å²) < 4.78 is 1.83. The van der Waals surface area contributed by atoms with Crippen molar-refractivity contribution in [1.82, 2.24) is 9.38 Å². The summed E-state index contributed by atoms with van der Waals surface area (Å²) in [6.07, 6.45) is 7.96. The van der Waals surface area contributed by atoms with Crippen molar-refractivity contribution in [3.63, 3.8) is 0 Å². The van der Waals surface area contributed by atoms with Gasteiger partial charge in [-0.25, -0.2) is 4.98 Å². The molecule has 94 valence electrons. The lowest BCUT2D eigenvalue weighted by Crippen LogP contribution is -2.05. The fraction of sp³-hybridized carbons (Fsp3) is 0.500. The molecule has 0 spiro atoms. The number of aromatic nitrogens is 2. The highest BCUT2D eigenvalue weighted by Gasteiger charge is 2.23. The molecular weight excluding hydrogens is 226 g/mol. The second kappa shape index (κ2) is 4.52. The van der Waals surface area contributed by atoms with E-state index in [1.54, 1.807) is 0 Å². The van der Waals surface area contributed by atoms with Crippen LogP contribution in [-0.4, -0.2) is 9.38 Å². The number of pyridine rings is 1. The molecule has 2 aromatic rings. The van der Waals surface area contributed by atoms with Gasteiger partial charge in [-0.3, -0.25) is 4.40 Å². The number of nitrogens with zero attached hydrogens (tertiary/aromatic N) is 3. The Bertz CT molecular complexity index is 582. The van der Waals surface area contributed by atoms with E-state index in [0.717, 1.165) is 29.7 Å². The first-order valence-corrected chi connectivity index (χ1v) is 6.61. The monoisotopic (exact) mass is 243 g/mol. The average Bonchev–Trinajstić information content (AvgIpc) is 2.77. The molecule has 0 N–H and O–H groups in total. The second-order valence-corrected chi connectivity index (χ2v) is 5.18. The first-order valence-electron chi connectivity index (χ1n) is 6.61. The SMILES string of the molecule is Cc1ccc2nc(C3CCCCC3)c(N=O)n2c1. The molecule has 0 saturated heterocycles. The van der Waals surface area contributed by atoms with Crippen molar-refractivity contribution in [2.45, 2.75) is 44.9 Å². The molecule has 1 aliphatic carbocycles. The van der Waals surface area contributed by atoms with E-state index in [4.69, 9.17) is 0 Å². The molecule has 0 aliphatic heterocycles. The van der Waals surface area contributed by atoms with E-state index in [2.05, 4.69) is 10.2 Å². The van der Waals surface area contributed by atoms with Gasteiger partial charge in [0.1, 0.15) is 5.65 Å². The topological polar surface area (TPSA) is 46.7 Å². The van der Waals surface area contributed by atoms with Gasteiger partial charge in [-0.05, 0) is 36.6 Å². The van der Waals surface area contributed by atoms with Gasteiger partial charge in [0.25, 0.3) is 0 Å². The molecule has 1 aliphatic rings. The zero-order chi connectivity index (χ0) is 12.5. The Balaban J connectivity index is 2.13. The van der Waals surface area contributed by atoms with Crippen LogP contribution < -0.4 is 0 Å². The summed E-state index contributed by atoms with van der Waals surface area (Å²) in [5.41, 5.74) is 2.84. The van der Waals surface area contributed by atoms with Crippen LogP contribution in [0.5, 0.6) is 0 Å². The Morgan fingerprint density at radius 3 is 2.78 bits per heavy atom. The van der Waals surface area contributed by atoms with Gasteiger partial charge in [-0.15, -0.1) is 4.91 Å². The van der Waals surface area contributed by atoms with Gasteiger partial charge in [0.2, 0.25) is 5.82 Å². The summed E-state index contributed by atoms with van der Waals surface area (Å²) in [5, 5.41) is 3.23. The third-order valence-electron chi connectivity index (χ3n) is 3.85. The minimum Gasteiger partial charge on any atom is -0.281 e. The quantitative estimate of drug-likeness (QED) is 0.746. The molecule has 0 atom stereocenters. The molecular formula is C14H17N3O. The van der Waals surface area contributed by atoms with Crippen molar-refractivity contribution in [1.29, 1.82) is 0 Å². The zero-order valence-corrected chi connectivity index (χ0v) is 10.6. The van der Waals surface area contributed by atoms with Crippen molar-refractivity contribution >= 4 is 11.5 Å². The Morgan fingerprint density at radius 2 is 2.06 bits per heavy atom. The standard InChI is InChI=1S/C14H17N3O/c1-10-7-8-12-15-13(11-5-3-2-4-6-11)14(16-18)17(12)9-10/h7-9,11H,2-6H2,1H3. The van der Waals surface area contributed by atoms with E-state index in [9.17, 15) is 4.91 Å². The van der Waals surface area contributed by atoms with Crippen LogP contribution in [0, 0.1) is 11.8 Å². The van der Waals surface area contributed by atoms with Gasteiger partial charge >= 0.3 is 0 Å². The number of fused-ring (bicyclic) bond motifs is 1. The normalized spacial score (nSPS) is 17.2. The fourth-order valence-corrected chi connectivity index (χ4v) is 2.90. The fourth-order valence-electron chi connectivity index (χ4n) is 2.90. The third kappa shape index (κ3) is 1.82. The predicted octanol–water partition coefficient (Wildman–Crippen LogP) is 4.09. The highest BCUT2D eigenvalue weighted by molar-refractivity contribution is 5.54. The first kappa shape index (κ1) is 11.4. The zero-order valence-electron chi connectivity index (χ0n) is 10.6. The van der Waals surface area contributed by atoms with Crippen molar-refractivity contribution in [2.24, 2.45) is 5.18 Å². The van der Waals surface area contributed by atoms with Crippen LogP contribution in [0.1, 0.15) is 49.3 Å². The summed E-state index contributed by atoms with van der Waals surface area (Å²) in [6, 6.07) is 3.97. The van der Waals surface area contributed by atoms with E-state index in [0.29, 0.717) is 11.7 Å². The van der Waals surface area contributed by atoms with Gasteiger partial charge in [0, 0.05) is 12.1 Å². The van der Waals surface area contributed by atoms with E-state index in [1.807, 2.05) is 29.7 Å². The highest BCUT2D eigenvalue weighted by Crippen LogP contribution is 2.37. The van der Waals surface area contributed by atoms with Crippen molar-refractivity contribution in [2.75, 3.05) is 0 Å². The van der Waals surface area contributed by atoms with Crippen LogP contribution in [0.3, 0.4) is 0 Å². The molecule has 2 heterocycles. The Labute approximate surface area is 106 Å². The predicted molar refractivity (Wildman–Crippen MR) is 71.2 cm³/mol. The molecule has 2 aromatic heterocycles. The summed E-state index contributed by atoms with van der Waals surface area (Å²) in [4.78, 5) is 15.8. The molecule has 0 aromatic carbocycles. The van der Waals surface area contributed by atoms with Gasteiger partial charge in [0.15, 0.2) is 0 Å². The number of imidazole rings is 1. The molecule has 18 heavy (non-hydrogen) atoms. The van der Waals surface area contributed by atoms with Crippen LogP contribution in [0.2, 0.25) is 0 Å². The summed E-state index contributed by atoms with van der Waals surface area (Å²) >= 11 is 0. The molecule has 4 nitrogen and oxygen atoms in total. The highest BCUT2D eigenvalue weighted by atomic mass is 16.3. The molecule has 1 saturated carbocycles. The minimum absolute atomic E-state index is 0.409. The van der Waals surface area contributed by atoms with Crippen molar-refractivity contribution < 1.29 is 0 Å². The summed E-state index contributed by atoms with van der Waals surface area (Å²) in [7, 11) is 0. The van der Waals surface area contributed by atoms with E-state index in [-0.39, 0.29) is 0 Å². The number of aryl methyl sites for hydroxylation is 1. The summed E-state index contributed by atoms with van der Waals surface area (Å²) in [6.45, 7) is 2.01. The summed E-state index contributed by atoms with van der Waals surface area (Å²) in [5.74, 6) is 0.909. The lowest BCUT2D eigenvalue weighted by molar-refractivity contribution is 0.438. The maximum Gasteiger partial charge on any atom is 0.205 e. The maximum atomic E-state index is 11.1. The van der Waals surface area contributed by atoms with Crippen LogP contribution in [0.25, 0.3) is 5.65 Å². The van der Waals surface area contributed by atoms with Crippen LogP contribution in [0.15, 0.2) is 23.5 Å². The number of nitroso groups, excluding NO2 is 1.